The Bertz CT molecular complexity index is 1030. The molecule has 1 N–H and O–H groups in total. The molecule has 148 valence electrons. The zero-order valence-corrected chi connectivity index (χ0v) is 17.5. The molecular formula is C21H25N3O2S2. The normalized spacial score (nSPS) is 17.8. The topological polar surface area (TPSA) is 52.6 Å². The van der Waals surface area contributed by atoms with E-state index in [1.54, 1.807) is 23.5 Å². The number of hydrogen-bond acceptors (Lipinski definition) is 5. The summed E-state index contributed by atoms with van der Waals surface area (Å²) in [7, 11) is -1.45. The standard InChI is InChI=1S/C21H25N3O2S2/c1-23-9-11-24(12-10-23)21(19-8-13-27-16-19)15-22-28(25,26)20-7-6-17-4-2-3-5-18(17)14-20/h2-8,13-14,16,21-22H,9-12,15H2,1H3/t21-/m0/s1. The van der Waals surface area contributed by atoms with Gasteiger partial charge in [0.1, 0.15) is 0 Å². The number of nitrogens with one attached hydrogen (secondary N) is 1. The molecule has 2 aromatic carbocycles. The summed E-state index contributed by atoms with van der Waals surface area (Å²) in [6, 6.07) is 15.2. The summed E-state index contributed by atoms with van der Waals surface area (Å²) in [5.74, 6) is 0. The van der Waals surface area contributed by atoms with Gasteiger partial charge in [-0.3, -0.25) is 4.90 Å². The van der Waals surface area contributed by atoms with E-state index in [2.05, 4.69) is 38.4 Å². The molecule has 2 heterocycles. The zero-order chi connectivity index (χ0) is 19.6. The molecule has 7 heteroatoms. The first-order valence-corrected chi connectivity index (χ1v) is 11.9. The third-order valence-corrected chi connectivity index (χ3v) is 7.53. The predicted molar refractivity (Wildman–Crippen MR) is 115 cm³/mol. The number of piperazine rings is 1. The average Bonchev–Trinajstić information content (AvgIpc) is 3.23. The fourth-order valence-corrected chi connectivity index (χ4v) is 5.44. The summed E-state index contributed by atoms with van der Waals surface area (Å²) < 4.78 is 28.8. The summed E-state index contributed by atoms with van der Waals surface area (Å²) in [6.45, 7) is 4.25. The number of nitrogens with zero attached hydrogens (tertiary/aromatic N) is 2. The van der Waals surface area contributed by atoms with E-state index in [1.165, 1.54) is 5.56 Å². The number of benzene rings is 2. The summed E-state index contributed by atoms with van der Waals surface area (Å²) in [6.07, 6.45) is 0. The lowest BCUT2D eigenvalue weighted by Gasteiger charge is -2.37. The highest BCUT2D eigenvalue weighted by Crippen LogP contribution is 2.25. The summed E-state index contributed by atoms with van der Waals surface area (Å²) in [4.78, 5) is 5.00. The molecule has 1 fully saturated rings. The van der Waals surface area contributed by atoms with Crippen molar-refractivity contribution < 1.29 is 8.42 Å². The molecule has 1 saturated heterocycles. The minimum atomic E-state index is -3.57. The van der Waals surface area contributed by atoms with Gasteiger partial charge in [0, 0.05) is 38.8 Å². The van der Waals surface area contributed by atoms with Crippen LogP contribution in [-0.4, -0.2) is 58.0 Å². The molecule has 0 aliphatic carbocycles. The molecule has 0 radical (unpaired) electrons. The molecule has 1 aliphatic rings. The largest absolute Gasteiger partial charge is 0.304 e. The van der Waals surface area contributed by atoms with Gasteiger partial charge in [0.25, 0.3) is 0 Å². The van der Waals surface area contributed by atoms with E-state index in [0.29, 0.717) is 11.4 Å². The van der Waals surface area contributed by atoms with E-state index in [-0.39, 0.29) is 6.04 Å². The molecule has 28 heavy (non-hydrogen) atoms. The predicted octanol–water partition coefficient (Wildman–Crippen LogP) is 3.17. The molecule has 1 aliphatic heterocycles. The van der Waals surface area contributed by atoms with Gasteiger partial charge in [0.2, 0.25) is 10.0 Å². The smallest absolute Gasteiger partial charge is 0.240 e. The maximum absolute atomic E-state index is 12.9. The zero-order valence-electron chi connectivity index (χ0n) is 15.9. The Morgan fingerprint density at radius 1 is 1.04 bits per heavy atom. The van der Waals surface area contributed by atoms with E-state index < -0.39 is 10.0 Å². The van der Waals surface area contributed by atoms with E-state index in [0.717, 1.165) is 37.0 Å². The fraction of sp³-hybridized carbons (Fsp3) is 0.333. The average molecular weight is 416 g/mol. The highest BCUT2D eigenvalue weighted by Gasteiger charge is 2.26. The minimum Gasteiger partial charge on any atom is -0.304 e. The van der Waals surface area contributed by atoms with Gasteiger partial charge in [-0.25, -0.2) is 13.1 Å². The van der Waals surface area contributed by atoms with Crippen LogP contribution in [0.1, 0.15) is 11.6 Å². The molecule has 0 spiro atoms. The molecule has 0 amide bonds. The number of fused-ring (bicyclic) bond motifs is 1. The van der Waals surface area contributed by atoms with Gasteiger partial charge >= 0.3 is 0 Å². The van der Waals surface area contributed by atoms with Gasteiger partial charge in [-0.1, -0.05) is 30.3 Å². The minimum absolute atomic E-state index is 0.0511. The van der Waals surface area contributed by atoms with Crippen molar-refractivity contribution in [3.63, 3.8) is 0 Å². The third-order valence-electron chi connectivity index (χ3n) is 5.40. The second kappa shape index (κ2) is 8.31. The molecule has 1 atom stereocenters. The van der Waals surface area contributed by atoms with Gasteiger partial charge in [0.05, 0.1) is 4.90 Å². The molecule has 4 rings (SSSR count). The van der Waals surface area contributed by atoms with Crippen LogP contribution < -0.4 is 4.72 Å². The number of hydrogen-bond donors (Lipinski definition) is 1. The van der Waals surface area contributed by atoms with E-state index >= 15 is 0 Å². The molecular weight excluding hydrogens is 390 g/mol. The van der Waals surface area contributed by atoms with Crippen LogP contribution in [0.3, 0.4) is 0 Å². The second-order valence-electron chi connectivity index (χ2n) is 7.27. The van der Waals surface area contributed by atoms with Gasteiger partial charge in [-0.05, 0) is 52.3 Å². The van der Waals surface area contributed by atoms with Crippen LogP contribution in [-0.2, 0) is 10.0 Å². The monoisotopic (exact) mass is 415 g/mol. The summed E-state index contributed by atoms with van der Waals surface area (Å²) >= 11 is 1.65. The van der Waals surface area contributed by atoms with E-state index in [4.69, 9.17) is 0 Å². The maximum Gasteiger partial charge on any atom is 0.240 e. The molecule has 5 nitrogen and oxygen atoms in total. The van der Waals surface area contributed by atoms with Crippen molar-refractivity contribution in [3.05, 3.63) is 64.9 Å². The second-order valence-corrected chi connectivity index (χ2v) is 9.82. The first-order valence-electron chi connectivity index (χ1n) is 9.46. The van der Waals surface area contributed by atoms with Crippen LogP contribution in [0.25, 0.3) is 10.8 Å². The van der Waals surface area contributed by atoms with E-state index in [1.807, 2.05) is 30.3 Å². The number of sulfonamides is 1. The lowest BCUT2D eigenvalue weighted by Crippen LogP contribution is -2.48. The third kappa shape index (κ3) is 4.29. The van der Waals surface area contributed by atoms with Crippen molar-refractivity contribution >= 4 is 32.1 Å². The Hall–Kier alpha value is -1.77. The highest BCUT2D eigenvalue weighted by atomic mass is 32.2. The van der Waals surface area contributed by atoms with Gasteiger partial charge in [0.15, 0.2) is 0 Å². The fourth-order valence-electron chi connectivity index (χ4n) is 3.66. The van der Waals surface area contributed by atoms with Gasteiger partial charge in [-0.2, -0.15) is 11.3 Å². The van der Waals surface area contributed by atoms with Crippen LogP contribution in [0, 0.1) is 0 Å². The van der Waals surface area contributed by atoms with Crippen LogP contribution in [0.4, 0.5) is 0 Å². The van der Waals surface area contributed by atoms with Crippen molar-refractivity contribution in [3.8, 4) is 0 Å². The van der Waals surface area contributed by atoms with Crippen molar-refractivity contribution in [2.75, 3.05) is 39.8 Å². The first kappa shape index (κ1) is 19.5. The van der Waals surface area contributed by atoms with Crippen LogP contribution in [0.15, 0.2) is 64.2 Å². The number of rotatable bonds is 6. The number of thiophene rings is 1. The lowest BCUT2D eigenvalue weighted by molar-refractivity contribution is 0.113. The van der Waals surface area contributed by atoms with Crippen LogP contribution in [0.2, 0.25) is 0 Å². The first-order chi connectivity index (χ1) is 13.5. The van der Waals surface area contributed by atoms with Crippen molar-refractivity contribution in [1.82, 2.24) is 14.5 Å². The van der Waals surface area contributed by atoms with Crippen molar-refractivity contribution in [1.29, 1.82) is 0 Å². The SMILES string of the molecule is CN1CCN([C@@H](CNS(=O)(=O)c2ccc3ccccc3c2)c2ccsc2)CC1. The van der Waals surface area contributed by atoms with Crippen molar-refractivity contribution in [2.24, 2.45) is 0 Å². The molecule has 0 saturated carbocycles. The summed E-state index contributed by atoms with van der Waals surface area (Å²) in [5.41, 5.74) is 1.18. The molecule has 0 unspecified atom stereocenters. The Labute approximate surface area is 170 Å². The van der Waals surface area contributed by atoms with Gasteiger partial charge < -0.3 is 4.90 Å². The van der Waals surface area contributed by atoms with Gasteiger partial charge in [-0.15, -0.1) is 0 Å². The Balaban J connectivity index is 1.53. The van der Waals surface area contributed by atoms with E-state index in [9.17, 15) is 8.42 Å². The molecule has 3 aromatic rings. The Morgan fingerprint density at radius 2 is 1.79 bits per heavy atom. The van der Waals surface area contributed by atoms with Crippen molar-refractivity contribution in [2.45, 2.75) is 10.9 Å². The lowest BCUT2D eigenvalue weighted by atomic mass is 10.1. The van der Waals surface area contributed by atoms with Crippen LogP contribution in [0.5, 0.6) is 0 Å². The number of likely N-dealkylation sites (N-methyl/N-ethyl adjacent to an activating group) is 1. The molecule has 1 aromatic heterocycles. The quantitative estimate of drug-likeness (QED) is 0.672. The highest BCUT2D eigenvalue weighted by molar-refractivity contribution is 7.89. The summed E-state index contributed by atoms with van der Waals surface area (Å²) in [5, 5.41) is 6.14. The molecule has 0 bridgehead atoms. The van der Waals surface area contributed by atoms with Crippen LogP contribution >= 0.6 is 11.3 Å². The Kier molecular flexibility index (Phi) is 5.80. The Morgan fingerprint density at radius 3 is 2.50 bits per heavy atom. The maximum atomic E-state index is 12.9.